The van der Waals surface area contributed by atoms with Crippen molar-refractivity contribution in [2.45, 2.75) is 6.42 Å². The van der Waals surface area contributed by atoms with Gasteiger partial charge in [0, 0.05) is 12.1 Å². The summed E-state index contributed by atoms with van der Waals surface area (Å²) in [7, 11) is 3.06. The number of benzene rings is 1. The SMILES string of the molecule is COc1cc2nc(N)c(CC(N)=O)nc2cc1OC. The van der Waals surface area contributed by atoms with E-state index in [1.54, 1.807) is 12.1 Å². The van der Waals surface area contributed by atoms with E-state index in [9.17, 15) is 4.79 Å². The molecule has 1 aromatic carbocycles. The lowest BCUT2D eigenvalue weighted by molar-refractivity contribution is -0.117. The second-order valence-electron chi connectivity index (χ2n) is 3.89. The monoisotopic (exact) mass is 262 g/mol. The second-order valence-corrected chi connectivity index (χ2v) is 3.89. The molecule has 1 heterocycles. The van der Waals surface area contributed by atoms with E-state index in [-0.39, 0.29) is 12.2 Å². The molecule has 0 saturated carbocycles. The highest BCUT2D eigenvalue weighted by Crippen LogP contribution is 2.31. The zero-order chi connectivity index (χ0) is 14.0. The van der Waals surface area contributed by atoms with Gasteiger partial charge in [0.2, 0.25) is 5.91 Å². The highest BCUT2D eigenvalue weighted by Gasteiger charge is 2.12. The lowest BCUT2D eigenvalue weighted by atomic mass is 10.2. The van der Waals surface area contributed by atoms with Gasteiger partial charge in [0.05, 0.1) is 37.4 Å². The van der Waals surface area contributed by atoms with E-state index in [0.29, 0.717) is 28.2 Å². The predicted octanol–water partition coefficient (Wildman–Crippen LogP) is 0.257. The van der Waals surface area contributed by atoms with Gasteiger partial charge in [-0.25, -0.2) is 9.97 Å². The third-order valence-electron chi connectivity index (χ3n) is 2.61. The number of fused-ring (bicyclic) bond motifs is 1. The summed E-state index contributed by atoms with van der Waals surface area (Å²) < 4.78 is 10.4. The molecular formula is C12H14N4O3. The third-order valence-corrected chi connectivity index (χ3v) is 2.61. The van der Waals surface area contributed by atoms with Crippen LogP contribution in [0.2, 0.25) is 0 Å². The molecule has 0 atom stereocenters. The fraction of sp³-hybridized carbons (Fsp3) is 0.250. The van der Waals surface area contributed by atoms with Crippen LogP contribution in [0.1, 0.15) is 5.69 Å². The van der Waals surface area contributed by atoms with Gasteiger partial charge in [-0.1, -0.05) is 0 Å². The lowest BCUT2D eigenvalue weighted by Gasteiger charge is -2.10. The number of hydrogen-bond acceptors (Lipinski definition) is 6. The molecule has 0 aliphatic rings. The summed E-state index contributed by atoms with van der Waals surface area (Å²) >= 11 is 0. The van der Waals surface area contributed by atoms with E-state index in [1.807, 2.05) is 0 Å². The van der Waals surface area contributed by atoms with Crippen LogP contribution in [-0.4, -0.2) is 30.1 Å². The molecular weight excluding hydrogens is 248 g/mol. The number of primary amides is 1. The van der Waals surface area contributed by atoms with Crippen LogP contribution in [-0.2, 0) is 11.2 Å². The number of aromatic nitrogens is 2. The van der Waals surface area contributed by atoms with Crippen LogP contribution in [0.3, 0.4) is 0 Å². The van der Waals surface area contributed by atoms with Gasteiger partial charge in [-0.2, -0.15) is 0 Å². The number of amides is 1. The fourth-order valence-electron chi connectivity index (χ4n) is 1.73. The van der Waals surface area contributed by atoms with Crippen LogP contribution in [0.15, 0.2) is 12.1 Å². The summed E-state index contributed by atoms with van der Waals surface area (Å²) in [5.41, 5.74) is 12.3. The maximum absolute atomic E-state index is 10.9. The second kappa shape index (κ2) is 4.97. The maximum Gasteiger partial charge on any atom is 0.223 e. The van der Waals surface area contributed by atoms with Crippen molar-refractivity contribution in [2.75, 3.05) is 20.0 Å². The van der Waals surface area contributed by atoms with Crippen LogP contribution in [0.5, 0.6) is 11.5 Å². The molecule has 0 bridgehead atoms. The average molecular weight is 262 g/mol. The predicted molar refractivity (Wildman–Crippen MR) is 70.0 cm³/mol. The van der Waals surface area contributed by atoms with Crippen molar-refractivity contribution in [1.29, 1.82) is 0 Å². The topological polar surface area (TPSA) is 113 Å². The van der Waals surface area contributed by atoms with E-state index < -0.39 is 5.91 Å². The smallest absolute Gasteiger partial charge is 0.223 e. The number of methoxy groups -OCH3 is 2. The number of nitrogens with two attached hydrogens (primary N) is 2. The van der Waals surface area contributed by atoms with Gasteiger partial charge in [-0.15, -0.1) is 0 Å². The summed E-state index contributed by atoms with van der Waals surface area (Å²) in [4.78, 5) is 19.4. The Bertz CT molecular complexity index is 642. The Kier molecular flexibility index (Phi) is 3.37. The van der Waals surface area contributed by atoms with Gasteiger partial charge in [0.1, 0.15) is 5.82 Å². The molecule has 1 amide bonds. The largest absolute Gasteiger partial charge is 0.493 e. The molecule has 2 aromatic rings. The fourth-order valence-corrected chi connectivity index (χ4v) is 1.73. The van der Waals surface area contributed by atoms with Crippen LogP contribution < -0.4 is 20.9 Å². The first-order chi connectivity index (χ1) is 9.05. The standard InChI is InChI=1S/C12H14N4O3/c1-18-9-3-6-7(4-10(9)19-2)16-12(14)8(15-6)5-11(13)17/h3-4H,5H2,1-2H3,(H2,13,17)(H2,14,16). The molecule has 100 valence electrons. The molecule has 0 unspecified atom stereocenters. The Hall–Kier alpha value is -2.57. The number of nitrogens with zero attached hydrogens (tertiary/aromatic N) is 2. The van der Waals surface area contributed by atoms with Gasteiger partial charge in [0.15, 0.2) is 11.5 Å². The number of ether oxygens (including phenoxy) is 2. The zero-order valence-electron chi connectivity index (χ0n) is 10.6. The van der Waals surface area contributed by atoms with E-state index in [1.165, 1.54) is 14.2 Å². The Morgan fingerprint density at radius 1 is 1.16 bits per heavy atom. The quantitative estimate of drug-likeness (QED) is 0.816. The Balaban J connectivity index is 2.61. The molecule has 0 spiro atoms. The molecule has 0 saturated heterocycles. The van der Waals surface area contributed by atoms with E-state index in [4.69, 9.17) is 20.9 Å². The van der Waals surface area contributed by atoms with Gasteiger partial charge >= 0.3 is 0 Å². The first kappa shape index (κ1) is 12.9. The first-order valence-electron chi connectivity index (χ1n) is 5.51. The van der Waals surface area contributed by atoms with Gasteiger partial charge < -0.3 is 20.9 Å². The molecule has 4 N–H and O–H groups in total. The van der Waals surface area contributed by atoms with Crippen LogP contribution in [0, 0.1) is 0 Å². The van der Waals surface area contributed by atoms with Crippen molar-refractivity contribution in [3.05, 3.63) is 17.8 Å². The summed E-state index contributed by atoms with van der Waals surface area (Å²) in [5.74, 6) is 0.727. The summed E-state index contributed by atoms with van der Waals surface area (Å²) in [6.45, 7) is 0. The Morgan fingerprint density at radius 3 is 2.16 bits per heavy atom. The number of nitrogen functional groups attached to an aromatic ring is 1. The lowest BCUT2D eigenvalue weighted by Crippen LogP contribution is -2.16. The van der Waals surface area contributed by atoms with Crippen molar-refractivity contribution in [3.8, 4) is 11.5 Å². The molecule has 0 radical (unpaired) electrons. The van der Waals surface area contributed by atoms with Gasteiger partial charge in [-0.3, -0.25) is 4.79 Å². The van der Waals surface area contributed by atoms with Crippen LogP contribution in [0.4, 0.5) is 5.82 Å². The highest BCUT2D eigenvalue weighted by atomic mass is 16.5. The minimum absolute atomic E-state index is 0.0525. The summed E-state index contributed by atoms with van der Waals surface area (Å²) in [6, 6.07) is 3.34. The molecule has 0 aliphatic heterocycles. The van der Waals surface area contributed by atoms with Crippen LogP contribution in [0.25, 0.3) is 11.0 Å². The molecule has 0 fully saturated rings. The number of carbonyl (C=O) groups is 1. The highest BCUT2D eigenvalue weighted by molar-refractivity contribution is 5.83. The third kappa shape index (κ3) is 2.49. The molecule has 19 heavy (non-hydrogen) atoms. The maximum atomic E-state index is 10.9. The Labute approximate surface area is 109 Å². The minimum Gasteiger partial charge on any atom is -0.493 e. The van der Waals surface area contributed by atoms with Crippen molar-refractivity contribution in [1.82, 2.24) is 9.97 Å². The number of rotatable bonds is 4. The molecule has 1 aromatic heterocycles. The van der Waals surface area contributed by atoms with Crippen molar-refractivity contribution >= 4 is 22.8 Å². The average Bonchev–Trinajstić information content (AvgIpc) is 2.37. The van der Waals surface area contributed by atoms with Gasteiger partial charge in [0.25, 0.3) is 0 Å². The van der Waals surface area contributed by atoms with Crippen molar-refractivity contribution in [2.24, 2.45) is 5.73 Å². The molecule has 7 nitrogen and oxygen atoms in total. The van der Waals surface area contributed by atoms with Crippen molar-refractivity contribution < 1.29 is 14.3 Å². The Morgan fingerprint density at radius 2 is 1.68 bits per heavy atom. The van der Waals surface area contributed by atoms with Crippen molar-refractivity contribution in [3.63, 3.8) is 0 Å². The van der Waals surface area contributed by atoms with Gasteiger partial charge in [-0.05, 0) is 0 Å². The zero-order valence-corrected chi connectivity index (χ0v) is 10.6. The van der Waals surface area contributed by atoms with Crippen LogP contribution >= 0.6 is 0 Å². The summed E-state index contributed by atoms with van der Waals surface area (Å²) in [5, 5.41) is 0. The number of anilines is 1. The molecule has 0 aliphatic carbocycles. The minimum atomic E-state index is -0.513. The normalized spacial score (nSPS) is 10.4. The molecule has 7 heteroatoms. The summed E-state index contributed by atoms with van der Waals surface area (Å²) in [6.07, 6.45) is -0.0525. The van der Waals surface area contributed by atoms with E-state index >= 15 is 0 Å². The number of carbonyl (C=O) groups excluding carboxylic acids is 1. The first-order valence-corrected chi connectivity index (χ1v) is 5.51. The van der Waals surface area contributed by atoms with E-state index in [0.717, 1.165) is 0 Å². The molecule has 2 rings (SSSR count). The number of hydrogen-bond donors (Lipinski definition) is 2. The van der Waals surface area contributed by atoms with E-state index in [2.05, 4.69) is 9.97 Å².